The molecular weight excluding hydrogens is 600 g/mol. The van der Waals surface area contributed by atoms with E-state index in [2.05, 4.69) is 10.1 Å². The molecule has 3 aromatic carbocycles. The Hall–Kier alpha value is -4.36. The molecule has 1 aliphatic rings. The van der Waals surface area contributed by atoms with Crippen molar-refractivity contribution in [3.63, 3.8) is 0 Å². The summed E-state index contributed by atoms with van der Waals surface area (Å²) in [6, 6.07) is 17.3. The molecule has 1 amide bonds. The molecular formula is C32H31F6N5O2. The first-order valence-electron chi connectivity index (χ1n) is 14.3. The summed E-state index contributed by atoms with van der Waals surface area (Å²) in [5.41, 5.74) is 4.96. The molecule has 2 heterocycles. The van der Waals surface area contributed by atoms with Gasteiger partial charge in [-0.2, -0.15) is 26.3 Å². The number of rotatable bonds is 9. The van der Waals surface area contributed by atoms with Crippen LogP contribution in [0.5, 0.6) is 0 Å². The number of para-hydroxylation sites is 1. The minimum atomic E-state index is -5.07. The SMILES string of the molecule is NCCO/N=C(/CN1CCN(C(=O)c2cc(C(F)(F)F)cc(C(F)(F)F)c2)[C@H](Cc2c[nH]c3ccccc23)C1)c1ccccc1. The van der Waals surface area contributed by atoms with Crippen molar-refractivity contribution in [2.45, 2.75) is 24.8 Å². The fourth-order valence-electron chi connectivity index (χ4n) is 5.50. The van der Waals surface area contributed by atoms with Crippen molar-refractivity contribution in [2.75, 3.05) is 39.3 Å². The van der Waals surface area contributed by atoms with E-state index < -0.39 is 41.0 Å². The summed E-state index contributed by atoms with van der Waals surface area (Å²) >= 11 is 0. The molecule has 45 heavy (non-hydrogen) atoms. The number of alkyl halides is 6. The molecule has 1 fully saturated rings. The number of benzene rings is 3. The fraction of sp³-hybridized carbons (Fsp3) is 0.312. The minimum Gasteiger partial charge on any atom is -0.394 e. The molecule has 0 saturated carbocycles. The van der Waals surface area contributed by atoms with E-state index in [-0.39, 0.29) is 32.3 Å². The number of fused-ring (bicyclic) bond motifs is 1. The van der Waals surface area contributed by atoms with Crippen LogP contribution in [0.4, 0.5) is 26.3 Å². The Bertz CT molecular complexity index is 1620. The molecule has 0 aliphatic carbocycles. The first-order valence-corrected chi connectivity index (χ1v) is 14.3. The minimum absolute atomic E-state index is 0.0231. The normalized spacial score (nSPS) is 16.7. The number of hydrogen-bond donors (Lipinski definition) is 2. The van der Waals surface area contributed by atoms with Gasteiger partial charge in [-0.05, 0) is 36.2 Å². The maximum Gasteiger partial charge on any atom is 0.416 e. The number of nitrogens with zero attached hydrogens (tertiary/aromatic N) is 3. The van der Waals surface area contributed by atoms with Crippen LogP contribution in [0.1, 0.15) is 32.6 Å². The summed E-state index contributed by atoms with van der Waals surface area (Å²) in [5.74, 6) is -0.903. The van der Waals surface area contributed by atoms with E-state index in [1.54, 1.807) is 6.20 Å². The lowest BCUT2D eigenvalue weighted by molar-refractivity contribution is -0.143. The molecule has 0 radical (unpaired) electrons. The van der Waals surface area contributed by atoms with E-state index in [9.17, 15) is 31.1 Å². The van der Waals surface area contributed by atoms with Gasteiger partial charge in [-0.15, -0.1) is 0 Å². The molecule has 238 valence electrons. The molecule has 13 heteroatoms. The van der Waals surface area contributed by atoms with Crippen LogP contribution >= 0.6 is 0 Å². The maximum absolute atomic E-state index is 13.8. The highest BCUT2D eigenvalue weighted by molar-refractivity contribution is 6.01. The van der Waals surface area contributed by atoms with E-state index in [1.807, 2.05) is 59.5 Å². The first-order chi connectivity index (χ1) is 21.4. The van der Waals surface area contributed by atoms with E-state index in [0.29, 0.717) is 37.4 Å². The summed E-state index contributed by atoms with van der Waals surface area (Å²) in [7, 11) is 0. The predicted octanol–water partition coefficient (Wildman–Crippen LogP) is 5.95. The van der Waals surface area contributed by atoms with Gasteiger partial charge in [0, 0.05) is 67.0 Å². The number of piperazine rings is 1. The quantitative estimate of drug-likeness (QED) is 0.103. The van der Waals surface area contributed by atoms with E-state index in [4.69, 9.17) is 10.6 Å². The predicted molar refractivity (Wildman–Crippen MR) is 158 cm³/mol. The summed E-state index contributed by atoms with van der Waals surface area (Å²) in [6.07, 6.45) is -8.04. The molecule has 3 N–H and O–H groups in total. The third kappa shape index (κ3) is 7.66. The number of nitrogens with two attached hydrogens (primary N) is 1. The Kier molecular flexibility index (Phi) is 9.49. The Balaban J connectivity index is 1.48. The van der Waals surface area contributed by atoms with Gasteiger partial charge in [-0.25, -0.2) is 0 Å². The number of hydrogen-bond acceptors (Lipinski definition) is 5. The fourth-order valence-corrected chi connectivity index (χ4v) is 5.50. The second kappa shape index (κ2) is 13.3. The van der Waals surface area contributed by atoms with Crippen LogP contribution in [0.25, 0.3) is 10.9 Å². The van der Waals surface area contributed by atoms with Crippen molar-refractivity contribution in [3.05, 3.63) is 107 Å². The van der Waals surface area contributed by atoms with Gasteiger partial charge in [0.25, 0.3) is 5.91 Å². The molecule has 1 saturated heterocycles. The highest BCUT2D eigenvalue weighted by atomic mass is 19.4. The summed E-state index contributed by atoms with van der Waals surface area (Å²) < 4.78 is 81.7. The second-order valence-electron chi connectivity index (χ2n) is 10.8. The topological polar surface area (TPSA) is 86.9 Å². The number of amides is 1. The highest BCUT2D eigenvalue weighted by Gasteiger charge is 2.39. The van der Waals surface area contributed by atoms with Crippen molar-refractivity contribution in [3.8, 4) is 0 Å². The standard InChI is InChI=1S/C32H31F6N5O2/c33-31(34,35)24-14-22(15-25(17-24)32(36,37)38)30(44)43-12-11-42(20-29(41-45-13-10-39)21-6-2-1-3-7-21)19-26(43)16-23-18-40-28-9-5-4-8-27(23)28/h1-9,14-15,17-18,26,40H,10-13,16,19-20,39H2/b41-29-/t26-/m1/s1. The third-order valence-electron chi connectivity index (χ3n) is 7.66. The Labute approximate surface area is 255 Å². The highest BCUT2D eigenvalue weighted by Crippen LogP contribution is 2.37. The number of H-pyrrole nitrogens is 1. The summed E-state index contributed by atoms with van der Waals surface area (Å²) in [5, 5.41) is 5.19. The molecule has 7 nitrogen and oxygen atoms in total. The van der Waals surface area contributed by atoms with Crippen LogP contribution in [0.3, 0.4) is 0 Å². The second-order valence-corrected chi connectivity index (χ2v) is 10.8. The lowest BCUT2D eigenvalue weighted by Crippen LogP contribution is -2.56. The van der Waals surface area contributed by atoms with Gasteiger partial charge in [-0.3, -0.25) is 9.69 Å². The number of carbonyl (C=O) groups excluding carboxylic acids is 1. The average molecular weight is 632 g/mol. The average Bonchev–Trinajstić information content (AvgIpc) is 3.42. The zero-order valence-electron chi connectivity index (χ0n) is 24.0. The van der Waals surface area contributed by atoms with Gasteiger partial charge in [0.1, 0.15) is 12.3 Å². The van der Waals surface area contributed by atoms with Crippen molar-refractivity contribution in [1.29, 1.82) is 0 Å². The van der Waals surface area contributed by atoms with Crippen molar-refractivity contribution < 1.29 is 36.0 Å². The van der Waals surface area contributed by atoms with Crippen LogP contribution in [0.2, 0.25) is 0 Å². The third-order valence-corrected chi connectivity index (χ3v) is 7.66. The van der Waals surface area contributed by atoms with Crippen molar-refractivity contribution in [2.24, 2.45) is 10.9 Å². The number of carbonyl (C=O) groups is 1. The molecule has 1 aromatic heterocycles. The molecule has 0 spiro atoms. The van der Waals surface area contributed by atoms with Gasteiger partial charge in [0.05, 0.1) is 11.1 Å². The summed E-state index contributed by atoms with van der Waals surface area (Å²) in [4.78, 5) is 25.8. The van der Waals surface area contributed by atoms with Crippen LogP contribution in [-0.2, 0) is 23.6 Å². The number of nitrogens with one attached hydrogen (secondary N) is 1. The number of aromatic amines is 1. The first kappa shape index (κ1) is 32.0. The Morgan fingerprint density at radius 2 is 1.58 bits per heavy atom. The van der Waals surface area contributed by atoms with Gasteiger partial charge in [0.2, 0.25) is 0 Å². The molecule has 5 rings (SSSR count). The van der Waals surface area contributed by atoms with Gasteiger partial charge >= 0.3 is 12.4 Å². The molecule has 0 bridgehead atoms. The van der Waals surface area contributed by atoms with Crippen molar-refractivity contribution >= 4 is 22.5 Å². The molecule has 1 atom stereocenters. The zero-order valence-corrected chi connectivity index (χ0v) is 24.0. The van der Waals surface area contributed by atoms with E-state index in [0.717, 1.165) is 22.0 Å². The Morgan fingerprint density at radius 3 is 2.24 bits per heavy atom. The van der Waals surface area contributed by atoms with Crippen LogP contribution in [-0.4, -0.2) is 71.8 Å². The Morgan fingerprint density at radius 1 is 0.911 bits per heavy atom. The zero-order chi connectivity index (χ0) is 32.2. The maximum atomic E-state index is 13.8. The van der Waals surface area contributed by atoms with Crippen molar-refractivity contribution in [1.82, 2.24) is 14.8 Å². The molecule has 1 aliphatic heterocycles. The van der Waals surface area contributed by atoms with E-state index >= 15 is 0 Å². The van der Waals surface area contributed by atoms with Gasteiger partial charge in [-0.1, -0.05) is 53.7 Å². The van der Waals surface area contributed by atoms with E-state index in [1.165, 1.54) is 4.90 Å². The number of halogens is 6. The lowest BCUT2D eigenvalue weighted by Gasteiger charge is -2.42. The van der Waals surface area contributed by atoms with Crippen LogP contribution in [0, 0.1) is 0 Å². The summed E-state index contributed by atoms with van der Waals surface area (Å²) in [6.45, 7) is 1.43. The number of aromatic nitrogens is 1. The largest absolute Gasteiger partial charge is 0.416 e. The number of oxime groups is 1. The van der Waals surface area contributed by atoms with Crippen LogP contribution < -0.4 is 5.73 Å². The van der Waals surface area contributed by atoms with Crippen LogP contribution in [0.15, 0.2) is 84.1 Å². The monoisotopic (exact) mass is 631 g/mol. The molecule has 4 aromatic rings. The van der Waals surface area contributed by atoms with Gasteiger partial charge in [0.15, 0.2) is 0 Å². The molecule has 0 unspecified atom stereocenters. The smallest absolute Gasteiger partial charge is 0.394 e. The van der Waals surface area contributed by atoms with Gasteiger partial charge < -0.3 is 20.5 Å². The lowest BCUT2D eigenvalue weighted by atomic mass is 9.98.